The molecule has 1 heterocycles. The number of rotatable bonds is 6. The van der Waals surface area contributed by atoms with E-state index in [-0.39, 0.29) is 5.91 Å². The average molecular weight is 298 g/mol. The van der Waals surface area contributed by atoms with Gasteiger partial charge in [0.2, 0.25) is 0 Å². The van der Waals surface area contributed by atoms with Crippen LogP contribution >= 0.6 is 0 Å². The first-order valence-electron chi connectivity index (χ1n) is 7.50. The molecule has 0 aliphatic heterocycles. The summed E-state index contributed by atoms with van der Waals surface area (Å²) in [7, 11) is 0. The molecule has 0 saturated heterocycles. The molecule has 0 aliphatic rings. The van der Waals surface area contributed by atoms with E-state index in [1.807, 2.05) is 31.2 Å². The van der Waals surface area contributed by atoms with E-state index in [1.165, 1.54) is 11.9 Å². The molecule has 0 aliphatic carbocycles. The number of benzene rings is 1. The van der Waals surface area contributed by atoms with Crippen molar-refractivity contribution in [1.82, 2.24) is 15.3 Å². The number of nitrogens with one attached hydrogen (secondary N) is 2. The first kappa shape index (κ1) is 15.9. The summed E-state index contributed by atoms with van der Waals surface area (Å²) >= 11 is 0. The Morgan fingerprint density at radius 2 is 1.95 bits per heavy atom. The van der Waals surface area contributed by atoms with Gasteiger partial charge < -0.3 is 10.6 Å². The molecule has 2 aromatic rings. The molecular formula is C17H22N4O. The van der Waals surface area contributed by atoms with E-state index < -0.39 is 0 Å². The van der Waals surface area contributed by atoms with Crippen LogP contribution in [0.1, 0.15) is 41.9 Å². The lowest BCUT2D eigenvalue weighted by molar-refractivity contribution is 0.0946. The summed E-state index contributed by atoms with van der Waals surface area (Å²) in [5.41, 5.74) is 2.63. The van der Waals surface area contributed by atoms with Gasteiger partial charge >= 0.3 is 0 Å². The molecule has 1 amide bonds. The lowest BCUT2D eigenvalue weighted by atomic mass is 10.1. The Balaban J connectivity index is 1.97. The van der Waals surface area contributed by atoms with Gasteiger partial charge in [-0.05, 0) is 25.8 Å². The van der Waals surface area contributed by atoms with Crippen LogP contribution in [0.5, 0.6) is 0 Å². The Morgan fingerprint density at radius 1 is 1.23 bits per heavy atom. The monoisotopic (exact) mass is 298 g/mol. The molecule has 0 fully saturated rings. The van der Waals surface area contributed by atoms with Crippen molar-refractivity contribution in [2.75, 3.05) is 5.32 Å². The molecule has 0 spiro atoms. The van der Waals surface area contributed by atoms with Crippen molar-refractivity contribution in [3.05, 3.63) is 53.5 Å². The van der Waals surface area contributed by atoms with Crippen molar-refractivity contribution in [3.63, 3.8) is 0 Å². The van der Waals surface area contributed by atoms with Crippen LogP contribution in [0.25, 0.3) is 0 Å². The molecule has 1 aromatic heterocycles. The second kappa shape index (κ2) is 7.54. The lowest BCUT2D eigenvalue weighted by Crippen LogP contribution is -2.24. The topological polar surface area (TPSA) is 66.9 Å². The highest BCUT2D eigenvalue weighted by Crippen LogP contribution is 2.08. The summed E-state index contributed by atoms with van der Waals surface area (Å²) < 4.78 is 0. The van der Waals surface area contributed by atoms with Crippen LogP contribution in [0.15, 0.2) is 36.7 Å². The van der Waals surface area contributed by atoms with Crippen LogP contribution in [-0.2, 0) is 6.54 Å². The fourth-order valence-electron chi connectivity index (χ4n) is 1.89. The van der Waals surface area contributed by atoms with Crippen molar-refractivity contribution >= 4 is 11.7 Å². The zero-order chi connectivity index (χ0) is 15.9. The lowest BCUT2D eigenvalue weighted by Gasteiger charge is -2.12. The van der Waals surface area contributed by atoms with Gasteiger partial charge in [-0.15, -0.1) is 0 Å². The van der Waals surface area contributed by atoms with Crippen LogP contribution in [-0.4, -0.2) is 21.9 Å². The van der Waals surface area contributed by atoms with Crippen LogP contribution in [0, 0.1) is 6.92 Å². The summed E-state index contributed by atoms with van der Waals surface area (Å²) in [5.74, 6) is 0.472. The van der Waals surface area contributed by atoms with Crippen LogP contribution < -0.4 is 10.6 Å². The van der Waals surface area contributed by atoms with Gasteiger partial charge in [-0.1, -0.05) is 36.8 Å². The van der Waals surface area contributed by atoms with Gasteiger partial charge in [-0.3, -0.25) is 4.79 Å². The van der Waals surface area contributed by atoms with Gasteiger partial charge in [0.1, 0.15) is 17.8 Å². The van der Waals surface area contributed by atoms with Crippen molar-refractivity contribution < 1.29 is 4.79 Å². The highest BCUT2D eigenvalue weighted by Gasteiger charge is 2.09. The zero-order valence-electron chi connectivity index (χ0n) is 13.3. The maximum absolute atomic E-state index is 12.2. The predicted octanol–water partition coefficient (Wildman–Crippen LogP) is 2.93. The highest BCUT2D eigenvalue weighted by atomic mass is 16.1. The molecule has 0 saturated carbocycles. The minimum atomic E-state index is -0.199. The van der Waals surface area contributed by atoms with E-state index in [0.717, 1.165) is 12.0 Å². The maximum atomic E-state index is 12.2. The molecule has 1 atom stereocenters. The highest BCUT2D eigenvalue weighted by molar-refractivity contribution is 5.92. The zero-order valence-corrected chi connectivity index (χ0v) is 13.3. The van der Waals surface area contributed by atoms with Crippen LogP contribution in [0.3, 0.4) is 0 Å². The van der Waals surface area contributed by atoms with Crippen molar-refractivity contribution in [3.8, 4) is 0 Å². The second-order valence-electron chi connectivity index (χ2n) is 5.41. The molecule has 0 bridgehead atoms. The standard InChI is InChI=1S/C17H22N4O/c1-4-13(3)21-16-9-15(19-11-20-16)17(22)18-10-14-7-5-12(2)6-8-14/h5-9,11,13H,4,10H2,1-3H3,(H,18,22)(H,19,20,21). The van der Waals surface area contributed by atoms with E-state index >= 15 is 0 Å². The maximum Gasteiger partial charge on any atom is 0.270 e. The van der Waals surface area contributed by atoms with Gasteiger partial charge in [-0.25, -0.2) is 9.97 Å². The first-order valence-corrected chi connectivity index (χ1v) is 7.50. The number of anilines is 1. The smallest absolute Gasteiger partial charge is 0.270 e. The average Bonchev–Trinajstić information content (AvgIpc) is 2.54. The van der Waals surface area contributed by atoms with E-state index in [0.29, 0.717) is 24.1 Å². The van der Waals surface area contributed by atoms with Crippen molar-refractivity contribution in [2.24, 2.45) is 0 Å². The Hall–Kier alpha value is -2.43. The molecule has 2 rings (SSSR count). The number of hydrogen-bond donors (Lipinski definition) is 2. The molecule has 1 unspecified atom stereocenters. The molecule has 5 heteroatoms. The summed E-state index contributed by atoms with van der Waals surface area (Å²) in [6.45, 7) is 6.68. The van der Waals surface area contributed by atoms with Gasteiger partial charge in [0, 0.05) is 18.7 Å². The SMILES string of the molecule is CCC(C)Nc1cc(C(=O)NCc2ccc(C)cc2)ncn1. The third-order valence-electron chi connectivity index (χ3n) is 3.48. The molecule has 1 aromatic carbocycles. The number of nitrogens with zero attached hydrogens (tertiary/aromatic N) is 2. The molecule has 116 valence electrons. The Kier molecular flexibility index (Phi) is 5.47. The van der Waals surface area contributed by atoms with Crippen molar-refractivity contribution in [1.29, 1.82) is 0 Å². The van der Waals surface area contributed by atoms with Gasteiger partial charge in [0.25, 0.3) is 5.91 Å². The molecule has 5 nitrogen and oxygen atoms in total. The third kappa shape index (κ3) is 4.55. The Labute approximate surface area is 131 Å². The molecule has 2 N–H and O–H groups in total. The number of carbonyl (C=O) groups excluding carboxylic acids is 1. The minimum Gasteiger partial charge on any atom is -0.368 e. The molecule has 22 heavy (non-hydrogen) atoms. The number of aryl methyl sites for hydroxylation is 1. The quantitative estimate of drug-likeness (QED) is 0.860. The summed E-state index contributed by atoms with van der Waals surface area (Å²) in [4.78, 5) is 20.3. The summed E-state index contributed by atoms with van der Waals surface area (Å²) in [6, 6.07) is 10.0. The largest absolute Gasteiger partial charge is 0.368 e. The van der Waals surface area contributed by atoms with E-state index in [4.69, 9.17) is 0 Å². The molecular weight excluding hydrogens is 276 g/mol. The van der Waals surface area contributed by atoms with Gasteiger partial charge in [0.05, 0.1) is 0 Å². The second-order valence-corrected chi connectivity index (χ2v) is 5.41. The Bertz CT molecular complexity index is 625. The fourth-order valence-corrected chi connectivity index (χ4v) is 1.89. The Morgan fingerprint density at radius 3 is 2.64 bits per heavy atom. The van der Waals surface area contributed by atoms with Gasteiger partial charge in [-0.2, -0.15) is 0 Å². The van der Waals surface area contributed by atoms with Crippen molar-refractivity contribution in [2.45, 2.75) is 39.8 Å². The van der Waals surface area contributed by atoms with Crippen LogP contribution in [0.2, 0.25) is 0 Å². The van der Waals surface area contributed by atoms with Crippen LogP contribution in [0.4, 0.5) is 5.82 Å². The molecule has 0 radical (unpaired) electrons. The van der Waals surface area contributed by atoms with E-state index in [2.05, 4.69) is 34.4 Å². The number of carbonyl (C=O) groups is 1. The number of aromatic nitrogens is 2. The minimum absolute atomic E-state index is 0.199. The number of amides is 1. The fraction of sp³-hybridized carbons (Fsp3) is 0.353. The van der Waals surface area contributed by atoms with E-state index in [9.17, 15) is 4.79 Å². The summed E-state index contributed by atoms with van der Waals surface area (Å²) in [6.07, 6.45) is 2.39. The predicted molar refractivity (Wildman–Crippen MR) is 87.8 cm³/mol. The first-order chi connectivity index (χ1) is 10.6. The third-order valence-corrected chi connectivity index (χ3v) is 3.48. The van der Waals surface area contributed by atoms with E-state index in [1.54, 1.807) is 6.07 Å². The normalized spacial score (nSPS) is 11.8. The van der Waals surface area contributed by atoms with Gasteiger partial charge in [0.15, 0.2) is 0 Å². The number of hydrogen-bond acceptors (Lipinski definition) is 4. The summed E-state index contributed by atoms with van der Waals surface area (Å²) in [5, 5.41) is 6.11.